The van der Waals surface area contributed by atoms with E-state index in [4.69, 9.17) is 16.3 Å². The van der Waals surface area contributed by atoms with Crippen molar-refractivity contribution in [1.29, 1.82) is 0 Å². The highest BCUT2D eigenvalue weighted by molar-refractivity contribution is 7.90. The molecule has 0 unspecified atom stereocenters. The Balaban J connectivity index is 5.32. The number of sulfonamides is 1. The average Bonchev–Trinajstić information content (AvgIpc) is 2.34. The second kappa shape index (κ2) is 8.31. The summed E-state index contributed by atoms with van der Waals surface area (Å²) in [5.41, 5.74) is 0. The van der Waals surface area contributed by atoms with Crippen molar-refractivity contribution in [2.45, 2.75) is 59.3 Å². The van der Waals surface area contributed by atoms with E-state index in [-0.39, 0.29) is 11.9 Å². The fraction of sp³-hybridized carbons (Fsp3) is 0.800. The number of nitrogens with one attached hydrogen (secondary N) is 1. The number of carbonyl (C=O) groups excluding carboxylic acids is 1. The smallest absolute Gasteiger partial charge is 0.312 e. The zero-order valence-electron chi connectivity index (χ0n) is 14.4. The highest BCUT2D eigenvalue weighted by Gasteiger charge is 2.33. The molecule has 0 amide bonds. The zero-order chi connectivity index (χ0) is 17.7. The van der Waals surface area contributed by atoms with Crippen LogP contribution in [0.2, 0.25) is 0 Å². The van der Waals surface area contributed by atoms with Crippen LogP contribution in [0.25, 0.3) is 0 Å². The second-order valence-corrected chi connectivity index (χ2v) is 9.45. The number of esters is 1. The number of ether oxygens (including phenoxy) is 1. The largest absolute Gasteiger partial charge is 0.466 e. The van der Waals surface area contributed by atoms with Crippen molar-refractivity contribution in [3.8, 4) is 0 Å². The molecule has 0 fully saturated rings. The molecule has 0 heterocycles. The van der Waals surface area contributed by atoms with Gasteiger partial charge in [-0.05, 0) is 40.5 Å². The molecule has 0 rings (SSSR count). The predicted octanol–water partition coefficient (Wildman–Crippen LogP) is 3.05. The average molecular weight is 354 g/mol. The quantitative estimate of drug-likeness (QED) is 0.714. The first kappa shape index (κ1) is 21.4. The second-order valence-electron chi connectivity index (χ2n) is 6.55. The number of hydrogen-bond donors (Lipinski definition) is 1. The van der Waals surface area contributed by atoms with Crippen LogP contribution in [-0.2, 0) is 19.6 Å². The summed E-state index contributed by atoms with van der Waals surface area (Å²) in [5.74, 6) is -0.982. The highest BCUT2D eigenvalue weighted by atomic mass is 35.5. The number of halogens is 1. The topological polar surface area (TPSA) is 72.5 Å². The van der Waals surface area contributed by atoms with Crippen molar-refractivity contribution in [3.05, 3.63) is 11.1 Å². The Labute approximate surface area is 139 Å². The van der Waals surface area contributed by atoms with Crippen LogP contribution in [0.5, 0.6) is 0 Å². The molecule has 0 aliphatic rings. The van der Waals surface area contributed by atoms with Crippen LogP contribution in [0.4, 0.5) is 0 Å². The molecule has 0 saturated carbocycles. The summed E-state index contributed by atoms with van der Waals surface area (Å²) in [6.07, 6.45) is 1.54. The minimum absolute atomic E-state index is 0.0599. The van der Waals surface area contributed by atoms with Gasteiger partial charge in [0.05, 0.1) is 23.3 Å². The number of hydrogen-bond acceptors (Lipinski definition) is 4. The van der Waals surface area contributed by atoms with E-state index >= 15 is 0 Å². The van der Waals surface area contributed by atoms with E-state index < -0.39 is 26.7 Å². The molecule has 22 heavy (non-hydrogen) atoms. The first-order valence-electron chi connectivity index (χ1n) is 7.39. The fourth-order valence-electron chi connectivity index (χ4n) is 1.54. The minimum atomic E-state index is -3.54. The lowest BCUT2D eigenvalue weighted by Gasteiger charge is -2.27. The Hall–Kier alpha value is -0.590. The third-order valence-electron chi connectivity index (χ3n) is 3.12. The Morgan fingerprint density at radius 2 is 1.77 bits per heavy atom. The number of rotatable bonds is 7. The van der Waals surface area contributed by atoms with Gasteiger partial charge in [0.1, 0.15) is 0 Å². The van der Waals surface area contributed by atoms with Crippen LogP contribution in [0.3, 0.4) is 0 Å². The van der Waals surface area contributed by atoms with E-state index in [1.165, 1.54) is 6.08 Å². The van der Waals surface area contributed by atoms with Crippen LogP contribution < -0.4 is 4.72 Å². The predicted molar refractivity (Wildman–Crippen MR) is 90.2 cm³/mol. The van der Waals surface area contributed by atoms with E-state index in [9.17, 15) is 13.2 Å². The summed E-state index contributed by atoms with van der Waals surface area (Å²) in [6.45, 7) is 12.3. The molecule has 0 aromatic heterocycles. The van der Waals surface area contributed by atoms with Crippen molar-refractivity contribution >= 4 is 27.6 Å². The Morgan fingerprint density at radius 3 is 2.14 bits per heavy atom. The summed E-state index contributed by atoms with van der Waals surface area (Å²) >= 11 is 6.26. The van der Waals surface area contributed by atoms with Gasteiger partial charge in [-0.15, -0.1) is 0 Å². The summed E-state index contributed by atoms with van der Waals surface area (Å²) in [7, 11) is -3.54. The molecule has 0 aliphatic carbocycles. The normalized spacial score (nSPS) is 16.5. The zero-order valence-corrected chi connectivity index (χ0v) is 16.0. The van der Waals surface area contributed by atoms with Crippen LogP contribution in [0.15, 0.2) is 11.1 Å². The monoisotopic (exact) mass is 353 g/mol. The van der Waals surface area contributed by atoms with Gasteiger partial charge in [0.25, 0.3) is 0 Å². The molecule has 0 radical (unpaired) electrons. The molecule has 5 nitrogen and oxygen atoms in total. The van der Waals surface area contributed by atoms with Gasteiger partial charge in [0.15, 0.2) is 0 Å². The first-order chi connectivity index (χ1) is 9.83. The van der Waals surface area contributed by atoms with E-state index in [1.807, 2.05) is 13.8 Å². The molecular formula is C15H28ClNO4S. The lowest BCUT2D eigenvalue weighted by Crippen LogP contribution is -2.47. The minimum Gasteiger partial charge on any atom is -0.466 e. The molecule has 1 N–H and O–H groups in total. The van der Waals surface area contributed by atoms with Crippen molar-refractivity contribution < 1.29 is 17.9 Å². The van der Waals surface area contributed by atoms with Gasteiger partial charge in [0.2, 0.25) is 10.0 Å². The molecule has 7 heteroatoms. The lowest BCUT2D eigenvalue weighted by molar-refractivity contribution is -0.145. The lowest BCUT2D eigenvalue weighted by atomic mass is 10.0. The van der Waals surface area contributed by atoms with Crippen molar-refractivity contribution in [2.75, 3.05) is 6.61 Å². The third-order valence-corrected chi connectivity index (χ3v) is 5.66. The van der Waals surface area contributed by atoms with Crippen LogP contribution in [-0.4, -0.2) is 31.8 Å². The van der Waals surface area contributed by atoms with Gasteiger partial charge < -0.3 is 4.74 Å². The van der Waals surface area contributed by atoms with Crippen LogP contribution in [0.1, 0.15) is 48.5 Å². The van der Waals surface area contributed by atoms with Crippen molar-refractivity contribution in [2.24, 2.45) is 11.8 Å². The summed E-state index contributed by atoms with van der Waals surface area (Å²) in [6, 6.07) is -0.581. The van der Waals surface area contributed by atoms with Gasteiger partial charge in [-0.3, -0.25) is 4.79 Å². The van der Waals surface area contributed by atoms with E-state index in [2.05, 4.69) is 4.72 Å². The third kappa shape index (κ3) is 6.26. The fourth-order valence-corrected chi connectivity index (χ4v) is 3.19. The van der Waals surface area contributed by atoms with Gasteiger partial charge in [-0.25, -0.2) is 13.1 Å². The molecule has 0 aromatic rings. The Morgan fingerprint density at radius 1 is 1.27 bits per heavy atom. The van der Waals surface area contributed by atoms with Crippen molar-refractivity contribution in [3.63, 3.8) is 0 Å². The van der Waals surface area contributed by atoms with E-state index in [0.717, 1.165) is 0 Å². The maximum atomic E-state index is 12.3. The standard InChI is InChI=1S/C15H28ClNO4S/c1-8-21-14(18)11(4)9-12(16)13(10(2)3)17-22(19,20)15(5,6)7/h9-11,13,17H,8H2,1-7H3/b12-9+/t11-,13+/m1/s1. The summed E-state index contributed by atoms with van der Waals surface area (Å²) in [4.78, 5) is 11.7. The van der Waals surface area contributed by atoms with E-state index in [1.54, 1.807) is 34.6 Å². The first-order valence-corrected chi connectivity index (χ1v) is 9.25. The molecule has 0 aliphatic heterocycles. The maximum absolute atomic E-state index is 12.3. The Bertz CT molecular complexity index is 506. The van der Waals surface area contributed by atoms with Crippen molar-refractivity contribution in [1.82, 2.24) is 4.72 Å². The van der Waals surface area contributed by atoms with Gasteiger partial charge in [-0.1, -0.05) is 31.5 Å². The van der Waals surface area contributed by atoms with Gasteiger partial charge in [-0.2, -0.15) is 0 Å². The van der Waals surface area contributed by atoms with Crippen LogP contribution >= 0.6 is 11.6 Å². The molecule has 0 aromatic carbocycles. The van der Waals surface area contributed by atoms with Gasteiger partial charge in [0, 0.05) is 5.03 Å². The Kier molecular flexibility index (Phi) is 8.09. The molecule has 0 spiro atoms. The maximum Gasteiger partial charge on any atom is 0.312 e. The van der Waals surface area contributed by atoms with E-state index in [0.29, 0.717) is 11.6 Å². The molecule has 0 saturated heterocycles. The summed E-state index contributed by atoms with van der Waals surface area (Å²) in [5, 5.41) is 0.295. The molecule has 2 atom stereocenters. The molecule has 130 valence electrons. The SMILES string of the molecule is CCOC(=O)[C@H](C)/C=C(/Cl)[C@@H](NS(=O)(=O)C(C)(C)C)C(C)C. The number of carbonyl (C=O) groups is 1. The van der Waals surface area contributed by atoms with Gasteiger partial charge >= 0.3 is 5.97 Å². The molecular weight excluding hydrogens is 326 g/mol. The molecule has 0 bridgehead atoms. The highest BCUT2D eigenvalue weighted by Crippen LogP contribution is 2.23. The summed E-state index contributed by atoms with van der Waals surface area (Å²) < 4.78 is 31.2. The van der Waals surface area contributed by atoms with Crippen LogP contribution in [0, 0.1) is 11.8 Å².